The third kappa shape index (κ3) is 4.35. The van der Waals surface area contributed by atoms with Crippen LogP contribution in [0.2, 0.25) is 0 Å². The Labute approximate surface area is 218 Å². The molecule has 7 nitrogen and oxygen atoms in total. The van der Waals surface area contributed by atoms with Gasteiger partial charge in [0.25, 0.3) is 5.91 Å². The minimum atomic E-state index is -0.933. The van der Waals surface area contributed by atoms with E-state index in [9.17, 15) is 9.59 Å². The van der Waals surface area contributed by atoms with E-state index in [4.69, 9.17) is 14.3 Å². The van der Waals surface area contributed by atoms with Gasteiger partial charge in [0, 0.05) is 4.47 Å². The number of rotatable bonds is 8. The van der Waals surface area contributed by atoms with Gasteiger partial charge in [-0.3, -0.25) is 14.4 Å². The van der Waals surface area contributed by atoms with Gasteiger partial charge in [-0.2, -0.15) is 0 Å². The highest BCUT2D eigenvalue weighted by Gasteiger charge is 2.60. The molecule has 0 aromatic heterocycles. The Morgan fingerprint density at radius 1 is 0.917 bits per heavy atom. The summed E-state index contributed by atoms with van der Waals surface area (Å²) in [6.07, 6.45) is 1.04. The standard InChI is InChI=1S/C28H27BrN2O5/c1-3-4-16-35-22-15-10-18(17-23(22)34-2)25-24-26(36-31(25)21-8-6-5-7-9-21)28(33)30(27(24)32)20-13-11-19(29)12-14-20/h5-15,17,24-26H,3-4,16H2,1-2H3/t24-,25-,26+/m1/s1. The van der Waals surface area contributed by atoms with Crippen molar-refractivity contribution in [3.8, 4) is 11.5 Å². The maximum absolute atomic E-state index is 13.8. The van der Waals surface area contributed by atoms with E-state index in [1.165, 1.54) is 4.90 Å². The van der Waals surface area contributed by atoms with E-state index in [2.05, 4.69) is 22.9 Å². The lowest BCUT2D eigenvalue weighted by atomic mass is 9.90. The number of hydroxylamine groups is 1. The van der Waals surface area contributed by atoms with Gasteiger partial charge < -0.3 is 9.47 Å². The fourth-order valence-corrected chi connectivity index (χ4v) is 4.98. The van der Waals surface area contributed by atoms with Gasteiger partial charge in [-0.25, -0.2) is 9.96 Å². The predicted octanol–water partition coefficient (Wildman–Crippen LogP) is 5.69. The molecule has 2 aliphatic rings. The van der Waals surface area contributed by atoms with Gasteiger partial charge in [0.1, 0.15) is 5.92 Å². The molecule has 0 radical (unpaired) electrons. The number of halogens is 1. The minimum Gasteiger partial charge on any atom is -0.493 e. The largest absolute Gasteiger partial charge is 0.493 e. The summed E-state index contributed by atoms with van der Waals surface area (Å²) >= 11 is 3.40. The number of carbonyl (C=O) groups excluding carboxylic acids is 2. The molecule has 0 saturated carbocycles. The quantitative estimate of drug-likeness (QED) is 0.265. The minimum absolute atomic E-state index is 0.294. The number of carbonyl (C=O) groups is 2. The van der Waals surface area contributed by atoms with Crippen molar-refractivity contribution in [1.29, 1.82) is 0 Å². The van der Waals surface area contributed by atoms with Crippen molar-refractivity contribution in [3.05, 3.63) is 82.8 Å². The van der Waals surface area contributed by atoms with E-state index in [1.807, 2.05) is 48.5 Å². The summed E-state index contributed by atoms with van der Waals surface area (Å²) in [5, 5.41) is 1.68. The molecule has 2 amide bonds. The van der Waals surface area contributed by atoms with Crippen molar-refractivity contribution in [2.24, 2.45) is 5.92 Å². The molecule has 3 aromatic rings. The van der Waals surface area contributed by atoms with Crippen LogP contribution in [0.1, 0.15) is 31.4 Å². The van der Waals surface area contributed by atoms with Crippen molar-refractivity contribution < 1.29 is 23.9 Å². The Morgan fingerprint density at radius 2 is 1.67 bits per heavy atom. The van der Waals surface area contributed by atoms with Gasteiger partial charge >= 0.3 is 0 Å². The smallest absolute Gasteiger partial charge is 0.266 e. The molecule has 0 N–H and O–H groups in total. The van der Waals surface area contributed by atoms with Crippen LogP contribution in [0.15, 0.2) is 77.3 Å². The van der Waals surface area contributed by atoms with E-state index in [0.717, 1.165) is 28.6 Å². The lowest BCUT2D eigenvalue weighted by Crippen LogP contribution is -2.37. The Morgan fingerprint density at radius 3 is 2.36 bits per heavy atom. The summed E-state index contributed by atoms with van der Waals surface area (Å²) in [6.45, 7) is 2.70. The Bertz CT molecular complexity index is 1250. The number of nitrogens with zero attached hydrogens (tertiary/aromatic N) is 2. The molecular formula is C28H27BrN2O5. The van der Waals surface area contributed by atoms with Crippen LogP contribution in [0.4, 0.5) is 11.4 Å². The third-order valence-corrected chi connectivity index (χ3v) is 7.02. The molecule has 0 unspecified atom stereocenters. The number of hydrogen-bond donors (Lipinski definition) is 0. The first-order valence-electron chi connectivity index (χ1n) is 12.0. The van der Waals surface area contributed by atoms with Crippen LogP contribution in [0.3, 0.4) is 0 Å². The highest BCUT2D eigenvalue weighted by Crippen LogP contribution is 2.48. The SMILES string of the molecule is CCCCOc1ccc([C@@H]2[C@H]3C(=O)N(c4ccc(Br)cc4)C(=O)[C@H]3ON2c2ccccc2)cc1OC. The van der Waals surface area contributed by atoms with E-state index in [1.54, 1.807) is 36.4 Å². The fourth-order valence-electron chi connectivity index (χ4n) is 4.71. The van der Waals surface area contributed by atoms with E-state index >= 15 is 0 Å². The van der Waals surface area contributed by atoms with Crippen LogP contribution >= 0.6 is 15.9 Å². The van der Waals surface area contributed by atoms with Crippen molar-refractivity contribution in [2.45, 2.75) is 31.9 Å². The van der Waals surface area contributed by atoms with Gasteiger partial charge in [-0.15, -0.1) is 0 Å². The molecule has 3 aromatic carbocycles. The lowest BCUT2D eigenvalue weighted by Gasteiger charge is -2.29. The zero-order valence-corrected chi connectivity index (χ0v) is 21.7. The summed E-state index contributed by atoms with van der Waals surface area (Å²) in [5.74, 6) is -0.179. The van der Waals surface area contributed by atoms with Crippen LogP contribution in [0.25, 0.3) is 0 Å². The molecule has 2 heterocycles. The molecule has 2 fully saturated rings. The zero-order valence-electron chi connectivity index (χ0n) is 20.1. The summed E-state index contributed by atoms with van der Waals surface area (Å²) < 4.78 is 12.4. The van der Waals surface area contributed by atoms with Crippen LogP contribution in [0.5, 0.6) is 11.5 Å². The number of fused-ring (bicyclic) bond motifs is 1. The second-order valence-corrected chi connectivity index (χ2v) is 9.67. The number of hydrogen-bond acceptors (Lipinski definition) is 6. The van der Waals surface area contributed by atoms with Crippen LogP contribution < -0.4 is 19.4 Å². The number of anilines is 2. The highest BCUT2D eigenvalue weighted by molar-refractivity contribution is 9.10. The second-order valence-electron chi connectivity index (χ2n) is 8.76. The van der Waals surface area contributed by atoms with Crippen molar-refractivity contribution in [2.75, 3.05) is 23.7 Å². The van der Waals surface area contributed by atoms with Gasteiger partial charge in [-0.05, 0) is 60.5 Å². The molecule has 0 aliphatic carbocycles. The summed E-state index contributed by atoms with van der Waals surface area (Å²) in [6, 6.07) is 21.7. The van der Waals surface area contributed by atoms with Crippen molar-refractivity contribution in [3.63, 3.8) is 0 Å². The first kappa shape index (κ1) is 24.3. The van der Waals surface area contributed by atoms with Gasteiger partial charge in [0.2, 0.25) is 5.91 Å². The Hall–Kier alpha value is -3.36. The average molecular weight is 551 g/mol. The number of unbranched alkanes of at least 4 members (excludes halogenated alkanes) is 1. The summed E-state index contributed by atoms with van der Waals surface area (Å²) in [4.78, 5) is 34.7. The van der Waals surface area contributed by atoms with Crippen LogP contribution in [-0.4, -0.2) is 31.6 Å². The Kier molecular flexibility index (Phi) is 6.98. The normalized spacial score (nSPS) is 21.1. The molecule has 186 valence electrons. The number of para-hydroxylation sites is 1. The summed E-state index contributed by atoms with van der Waals surface area (Å²) in [5.41, 5.74) is 2.08. The topological polar surface area (TPSA) is 68.3 Å². The maximum atomic E-state index is 13.8. The first-order valence-corrected chi connectivity index (χ1v) is 12.8. The monoisotopic (exact) mass is 550 g/mol. The number of benzene rings is 3. The first-order chi connectivity index (χ1) is 17.5. The maximum Gasteiger partial charge on any atom is 0.266 e. The van der Waals surface area contributed by atoms with Crippen molar-refractivity contribution in [1.82, 2.24) is 0 Å². The fraction of sp³-hybridized carbons (Fsp3) is 0.286. The molecule has 3 atom stereocenters. The zero-order chi connectivity index (χ0) is 25.2. The van der Waals surface area contributed by atoms with E-state index in [-0.39, 0.29) is 11.8 Å². The summed E-state index contributed by atoms with van der Waals surface area (Å²) in [7, 11) is 1.59. The average Bonchev–Trinajstić information content (AvgIpc) is 3.41. The van der Waals surface area contributed by atoms with E-state index < -0.39 is 18.1 Å². The molecule has 0 spiro atoms. The lowest BCUT2D eigenvalue weighted by molar-refractivity contribution is -0.126. The molecule has 5 rings (SSSR count). The predicted molar refractivity (Wildman–Crippen MR) is 140 cm³/mol. The van der Waals surface area contributed by atoms with Crippen molar-refractivity contribution >= 4 is 39.1 Å². The highest BCUT2D eigenvalue weighted by atomic mass is 79.9. The van der Waals surface area contributed by atoms with Gasteiger partial charge in [0.15, 0.2) is 17.6 Å². The van der Waals surface area contributed by atoms with Crippen LogP contribution in [0, 0.1) is 5.92 Å². The number of imide groups is 1. The van der Waals surface area contributed by atoms with Gasteiger partial charge in [0.05, 0.1) is 31.1 Å². The molecule has 0 bridgehead atoms. The molecular weight excluding hydrogens is 524 g/mol. The number of ether oxygens (including phenoxy) is 2. The second kappa shape index (κ2) is 10.3. The molecule has 2 aliphatic heterocycles. The molecule has 36 heavy (non-hydrogen) atoms. The van der Waals surface area contributed by atoms with Gasteiger partial charge in [-0.1, -0.05) is 53.5 Å². The molecule has 8 heteroatoms. The molecule has 2 saturated heterocycles. The van der Waals surface area contributed by atoms with E-state index in [0.29, 0.717) is 23.8 Å². The third-order valence-electron chi connectivity index (χ3n) is 6.50. The number of methoxy groups -OCH3 is 1. The Balaban J connectivity index is 1.54. The number of amides is 2. The van der Waals surface area contributed by atoms with Crippen LogP contribution in [-0.2, 0) is 14.4 Å².